The number of benzene rings is 2. The number of hydrogen-bond donors (Lipinski definition) is 3. The molecule has 6 heteroatoms. The minimum Gasteiger partial charge on any atom is -0.399 e. The molecule has 1 heterocycles. The molecular formula is C15H13FN4O. The number of anilines is 2. The topological polar surface area (TPSA) is 83.8 Å². The van der Waals surface area contributed by atoms with Gasteiger partial charge in [-0.2, -0.15) is 5.10 Å². The number of carbonyl (C=O) groups excluding carboxylic acids is 1. The highest BCUT2D eigenvalue weighted by atomic mass is 19.1. The summed E-state index contributed by atoms with van der Waals surface area (Å²) in [5.74, 6) is -0.718. The van der Waals surface area contributed by atoms with Crippen molar-refractivity contribution in [3.63, 3.8) is 0 Å². The van der Waals surface area contributed by atoms with Gasteiger partial charge in [0.25, 0.3) is 5.91 Å². The number of aryl methyl sites for hydroxylation is 1. The van der Waals surface area contributed by atoms with Crippen molar-refractivity contribution in [1.82, 2.24) is 10.2 Å². The summed E-state index contributed by atoms with van der Waals surface area (Å²) >= 11 is 0. The van der Waals surface area contributed by atoms with E-state index in [1.807, 2.05) is 0 Å². The van der Waals surface area contributed by atoms with Crippen molar-refractivity contribution >= 4 is 28.2 Å². The molecule has 4 N–H and O–H groups in total. The average molecular weight is 284 g/mol. The standard InChI is InChI=1S/C15H13FN4O/c1-8-6-9(16)2-4-12(8)18-15(21)14-11-7-10(17)3-5-13(11)19-20-14/h2-7H,17H2,1H3,(H,18,21)(H,19,20). The number of nitrogens with one attached hydrogen (secondary N) is 2. The molecule has 1 amide bonds. The molecule has 0 aliphatic heterocycles. The molecule has 3 rings (SSSR count). The maximum absolute atomic E-state index is 13.1. The molecule has 1 aromatic heterocycles. The van der Waals surface area contributed by atoms with Gasteiger partial charge in [0.15, 0.2) is 5.69 Å². The lowest BCUT2D eigenvalue weighted by molar-refractivity contribution is 0.102. The molecule has 3 aromatic rings. The molecule has 0 aliphatic rings. The molecule has 0 aliphatic carbocycles. The second kappa shape index (κ2) is 4.90. The largest absolute Gasteiger partial charge is 0.399 e. The van der Waals surface area contributed by atoms with E-state index in [0.29, 0.717) is 22.3 Å². The van der Waals surface area contributed by atoms with Gasteiger partial charge in [-0.1, -0.05) is 0 Å². The van der Waals surface area contributed by atoms with Crippen LogP contribution in [0.25, 0.3) is 10.9 Å². The predicted molar refractivity (Wildman–Crippen MR) is 79.6 cm³/mol. The quantitative estimate of drug-likeness (QED) is 0.633. The van der Waals surface area contributed by atoms with Gasteiger partial charge >= 0.3 is 0 Å². The first-order valence-electron chi connectivity index (χ1n) is 6.36. The Morgan fingerprint density at radius 1 is 1.29 bits per heavy atom. The summed E-state index contributed by atoms with van der Waals surface area (Å²) in [5, 5.41) is 10.2. The smallest absolute Gasteiger partial charge is 0.276 e. The van der Waals surface area contributed by atoms with E-state index in [4.69, 9.17) is 5.73 Å². The Morgan fingerprint density at radius 2 is 2.10 bits per heavy atom. The summed E-state index contributed by atoms with van der Waals surface area (Å²) in [6.07, 6.45) is 0. The Bertz CT molecular complexity index is 841. The van der Waals surface area contributed by atoms with Gasteiger partial charge in [-0.15, -0.1) is 0 Å². The van der Waals surface area contributed by atoms with Crippen LogP contribution in [-0.4, -0.2) is 16.1 Å². The molecule has 2 aromatic carbocycles. The summed E-state index contributed by atoms with van der Waals surface area (Å²) in [6.45, 7) is 1.72. The third kappa shape index (κ3) is 2.43. The van der Waals surface area contributed by atoms with Crippen molar-refractivity contribution in [1.29, 1.82) is 0 Å². The number of H-pyrrole nitrogens is 1. The summed E-state index contributed by atoms with van der Waals surface area (Å²) in [5.41, 5.74) is 8.44. The van der Waals surface area contributed by atoms with Gasteiger partial charge in [0.2, 0.25) is 0 Å². The molecule has 0 unspecified atom stereocenters. The fourth-order valence-corrected chi connectivity index (χ4v) is 2.15. The lowest BCUT2D eigenvalue weighted by Gasteiger charge is -2.07. The first-order chi connectivity index (χ1) is 10.0. The number of nitrogens with two attached hydrogens (primary N) is 1. The minimum atomic E-state index is -0.374. The van der Waals surface area contributed by atoms with Gasteiger partial charge < -0.3 is 11.1 Å². The predicted octanol–water partition coefficient (Wildman–Crippen LogP) is 2.84. The highest BCUT2D eigenvalue weighted by molar-refractivity contribution is 6.11. The zero-order valence-corrected chi connectivity index (χ0v) is 11.3. The molecule has 0 atom stereocenters. The van der Waals surface area contributed by atoms with Gasteiger partial charge in [-0.3, -0.25) is 9.89 Å². The molecule has 5 nitrogen and oxygen atoms in total. The molecule has 0 spiro atoms. The number of halogens is 1. The summed E-state index contributed by atoms with van der Waals surface area (Å²) in [6, 6.07) is 9.35. The zero-order chi connectivity index (χ0) is 15.0. The molecular weight excluding hydrogens is 271 g/mol. The van der Waals surface area contributed by atoms with E-state index in [9.17, 15) is 9.18 Å². The van der Waals surface area contributed by atoms with Crippen LogP contribution in [0.4, 0.5) is 15.8 Å². The summed E-state index contributed by atoms with van der Waals surface area (Å²) in [4.78, 5) is 12.3. The fourth-order valence-electron chi connectivity index (χ4n) is 2.15. The van der Waals surface area contributed by atoms with Gasteiger partial charge in [0.1, 0.15) is 5.82 Å². The van der Waals surface area contributed by atoms with Gasteiger partial charge in [-0.05, 0) is 48.9 Å². The highest BCUT2D eigenvalue weighted by Gasteiger charge is 2.15. The van der Waals surface area contributed by atoms with Crippen LogP contribution in [0.15, 0.2) is 36.4 Å². The first-order valence-corrected chi connectivity index (χ1v) is 6.36. The maximum Gasteiger partial charge on any atom is 0.276 e. The van der Waals surface area contributed by atoms with Crippen LogP contribution >= 0.6 is 0 Å². The van der Waals surface area contributed by atoms with E-state index in [1.165, 1.54) is 18.2 Å². The number of amides is 1. The monoisotopic (exact) mass is 284 g/mol. The molecule has 0 bridgehead atoms. The Morgan fingerprint density at radius 3 is 2.86 bits per heavy atom. The van der Waals surface area contributed by atoms with Gasteiger partial charge in [0.05, 0.1) is 5.52 Å². The van der Waals surface area contributed by atoms with E-state index < -0.39 is 0 Å². The van der Waals surface area contributed by atoms with Crippen molar-refractivity contribution < 1.29 is 9.18 Å². The van der Waals surface area contributed by atoms with Gasteiger partial charge in [0, 0.05) is 16.8 Å². The SMILES string of the molecule is Cc1cc(F)ccc1NC(=O)c1n[nH]c2ccc(N)cc12. The van der Waals surface area contributed by atoms with Crippen LogP contribution in [0, 0.1) is 12.7 Å². The Balaban J connectivity index is 1.95. The average Bonchev–Trinajstić information content (AvgIpc) is 2.85. The van der Waals surface area contributed by atoms with Gasteiger partial charge in [-0.25, -0.2) is 4.39 Å². The number of carbonyl (C=O) groups is 1. The van der Waals surface area contributed by atoms with Crippen LogP contribution in [0.5, 0.6) is 0 Å². The fraction of sp³-hybridized carbons (Fsp3) is 0.0667. The van der Waals surface area contributed by atoms with Crippen molar-refractivity contribution in [2.75, 3.05) is 11.1 Å². The van der Waals surface area contributed by atoms with Crippen LogP contribution in [-0.2, 0) is 0 Å². The molecule has 0 saturated heterocycles. The lowest BCUT2D eigenvalue weighted by Crippen LogP contribution is -2.13. The van der Waals surface area contributed by atoms with Crippen molar-refractivity contribution in [3.05, 3.63) is 53.5 Å². The summed E-state index contributed by atoms with van der Waals surface area (Å²) in [7, 11) is 0. The third-order valence-corrected chi connectivity index (χ3v) is 3.24. The van der Waals surface area contributed by atoms with E-state index in [-0.39, 0.29) is 17.4 Å². The Kier molecular flexibility index (Phi) is 3.06. The van der Waals surface area contributed by atoms with Crippen molar-refractivity contribution in [2.24, 2.45) is 0 Å². The van der Waals surface area contributed by atoms with Crippen LogP contribution < -0.4 is 11.1 Å². The minimum absolute atomic E-state index is 0.251. The van der Waals surface area contributed by atoms with E-state index in [0.717, 1.165) is 5.52 Å². The van der Waals surface area contributed by atoms with Crippen LogP contribution in [0.1, 0.15) is 16.1 Å². The summed E-state index contributed by atoms with van der Waals surface area (Å²) < 4.78 is 13.1. The molecule has 0 radical (unpaired) electrons. The number of aromatic nitrogens is 2. The third-order valence-electron chi connectivity index (χ3n) is 3.24. The zero-order valence-electron chi connectivity index (χ0n) is 11.3. The van der Waals surface area contributed by atoms with Crippen LogP contribution in [0.3, 0.4) is 0 Å². The first kappa shape index (κ1) is 13.1. The normalized spacial score (nSPS) is 10.8. The van der Waals surface area contributed by atoms with Crippen LogP contribution in [0.2, 0.25) is 0 Å². The number of nitrogens with zero attached hydrogens (tertiary/aromatic N) is 1. The van der Waals surface area contributed by atoms with E-state index in [1.54, 1.807) is 25.1 Å². The number of fused-ring (bicyclic) bond motifs is 1. The van der Waals surface area contributed by atoms with E-state index >= 15 is 0 Å². The lowest BCUT2D eigenvalue weighted by atomic mass is 10.1. The van der Waals surface area contributed by atoms with Crippen molar-refractivity contribution in [2.45, 2.75) is 6.92 Å². The molecule has 21 heavy (non-hydrogen) atoms. The van der Waals surface area contributed by atoms with Crippen molar-refractivity contribution in [3.8, 4) is 0 Å². The maximum atomic E-state index is 13.1. The highest BCUT2D eigenvalue weighted by Crippen LogP contribution is 2.21. The molecule has 0 fully saturated rings. The second-order valence-electron chi connectivity index (χ2n) is 4.79. The van der Waals surface area contributed by atoms with E-state index in [2.05, 4.69) is 15.5 Å². The Labute approximate surface area is 120 Å². The number of nitrogen functional groups attached to an aromatic ring is 1. The molecule has 106 valence electrons. The number of rotatable bonds is 2. The molecule has 0 saturated carbocycles. The number of aromatic amines is 1. The Hall–Kier alpha value is -2.89. The second-order valence-corrected chi connectivity index (χ2v) is 4.79. The number of hydrogen-bond acceptors (Lipinski definition) is 3.